The third-order valence-electron chi connectivity index (χ3n) is 12.2. The fourth-order valence-corrected chi connectivity index (χ4v) is 8.87. The maximum atomic E-state index is 14.7. The van der Waals surface area contributed by atoms with Gasteiger partial charge in [0, 0.05) is 43.7 Å². The van der Waals surface area contributed by atoms with E-state index in [4.69, 9.17) is 23.7 Å². The molecule has 1 saturated carbocycles. The molecule has 6 rings (SSSR count). The number of alkyl carbamates (subject to hydrolysis) is 1. The SMILES string of the molecule is CC[C@H]1OC(=O)[C@@]2(C)CCO[C@](C)(C[C@@H](C)CN(C)[C@H](C)[C@H]3NC(=O)O[C@@]31C)[C@H](O[C@@H]1O[C@H](CNC3CC3)C[C@H](N(C)C)[C@H]1O)[C@@H](C)C2=O. The van der Waals surface area contributed by atoms with Crippen molar-refractivity contribution in [3.63, 3.8) is 0 Å². The molecule has 2 bridgehead atoms. The molecular weight excluding hydrogens is 632 g/mol. The highest BCUT2D eigenvalue weighted by atomic mass is 16.7. The van der Waals surface area contributed by atoms with E-state index >= 15 is 0 Å². The molecule has 0 unspecified atom stereocenters. The second-order valence-corrected chi connectivity index (χ2v) is 16.5. The number of ether oxygens (including phenoxy) is 5. The van der Waals surface area contributed by atoms with Crippen LogP contribution in [0.2, 0.25) is 0 Å². The molecule has 6 aliphatic rings. The van der Waals surface area contributed by atoms with Crippen molar-refractivity contribution in [3.8, 4) is 0 Å². The maximum Gasteiger partial charge on any atom is 0.408 e. The van der Waals surface area contributed by atoms with Crippen LogP contribution in [0, 0.1) is 17.3 Å². The van der Waals surface area contributed by atoms with E-state index < -0.39 is 65.2 Å². The van der Waals surface area contributed by atoms with Crippen molar-refractivity contribution < 1.29 is 43.2 Å². The lowest BCUT2D eigenvalue weighted by Crippen LogP contribution is -2.62. The van der Waals surface area contributed by atoms with Gasteiger partial charge in [-0.25, -0.2) is 4.79 Å². The molecule has 49 heavy (non-hydrogen) atoms. The van der Waals surface area contributed by atoms with E-state index in [-0.39, 0.29) is 42.9 Å². The van der Waals surface area contributed by atoms with Crippen LogP contribution in [0.15, 0.2) is 0 Å². The highest BCUT2D eigenvalue weighted by Gasteiger charge is 2.59. The van der Waals surface area contributed by atoms with Gasteiger partial charge in [0.25, 0.3) is 0 Å². The highest BCUT2D eigenvalue weighted by Crippen LogP contribution is 2.43. The number of nitrogens with zero attached hydrogens (tertiary/aromatic N) is 2. The zero-order chi connectivity index (χ0) is 36.1. The number of amides is 1. The molecule has 13 heteroatoms. The molecule has 6 fully saturated rings. The van der Waals surface area contributed by atoms with Gasteiger partial charge >= 0.3 is 12.1 Å². The number of Topliss-reactive ketones (excluding diaryl/α,β-unsaturated/α-hetero) is 1. The molecule has 13 nitrogen and oxygen atoms in total. The second-order valence-electron chi connectivity index (χ2n) is 16.5. The number of carbonyl (C=O) groups is 3. The van der Waals surface area contributed by atoms with E-state index in [9.17, 15) is 19.5 Å². The first-order valence-electron chi connectivity index (χ1n) is 18.4. The number of hydrogen-bond donors (Lipinski definition) is 3. The minimum atomic E-state index is -1.55. The molecule has 1 aliphatic carbocycles. The van der Waals surface area contributed by atoms with Gasteiger partial charge in [0.1, 0.15) is 17.6 Å². The van der Waals surface area contributed by atoms with Crippen molar-refractivity contribution in [2.45, 2.75) is 153 Å². The number of aliphatic hydroxyl groups excluding tert-OH is 1. The van der Waals surface area contributed by atoms with Crippen molar-refractivity contribution in [1.82, 2.24) is 20.4 Å². The number of aliphatic hydroxyl groups is 1. The average molecular weight is 695 g/mol. The standard InChI is InChI=1S/C36H62N4O9/c1-11-26-36(7)28(38-33(44)49-36)22(4)40(10)19-20(2)17-35(6)30(21(3)29(42)34(5,14-15-45-35)32(43)47-26)48-31-27(41)25(39(8)9)16-24(46-31)18-37-23-12-13-23/h20-28,30-31,37,41H,11-19H2,1-10H3,(H,38,44)/t20-,21+,22-,24+,25+,26-,27-,28-,30-,31+,34+,35-,36-/m1/s1. The van der Waals surface area contributed by atoms with Crippen molar-refractivity contribution in [2.75, 3.05) is 40.8 Å². The summed E-state index contributed by atoms with van der Waals surface area (Å²) < 4.78 is 32.1. The van der Waals surface area contributed by atoms with Crippen LogP contribution in [0.3, 0.4) is 0 Å². The number of rotatable bonds is 7. The van der Waals surface area contributed by atoms with E-state index in [1.807, 2.05) is 46.8 Å². The molecule has 0 aromatic rings. The summed E-state index contributed by atoms with van der Waals surface area (Å²) in [5, 5.41) is 18.2. The lowest BCUT2D eigenvalue weighted by atomic mass is 9.70. The summed E-state index contributed by atoms with van der Waals surface area (Å²) in [5.41, 5.74) is -3.68. The Morgan fingerprint density at radius 3 is 2.45 bits per heavy atom. The monoisotopic (exact) mass is 694 g/mol. The minimum absolute atomic E-state index is 0.0631. The third-order valence-corrected chi connectivity index (χ3v) is 12.2. The van der Waals surface area contributed by atoms with Crippen LogP contribution >= 0.6 is 0 Å². The lowest BCUT2D eigenvalue weighted by Gasteiger charge is -2.49. The number of likely N-dealkylation sites (N-methyl/N-ethyl adjacent to an activating group) is 2. The summed E-state index contributed by atoms with van der Waals surface area (Å²) in [4.78, 5) is 45.8. The van der Waals surface area contributed by atoms with Gasteiger partial charge < -0.3 is 49.2 Å². The predicted octanol–water partition coefficient (Wildman–Crippen LogP) is 2.47. The van der Waals surface area contributed by atoms with Crippen LogP contribution in [0.25, 0.3) is 0 Å². The molecule has 0 spiro atoms. The number of fused-ring (bicyclic) bond motifs is 10. The molecule has 13 atom stereocenters. The Morgan fingerprint density at radius 2 is 1.82 bits per heavy atom. The van der Waals surface area contributed by atoms with Gasteiger partial charge in [-0.3, -0.25) is 9.59 Å². The Labute approximate surface area is 292 Å². The molecule has 0 aromatic carbocycles. The van der Waals surface area contributed by atoms with Crippen LogP contribution in [0.4, 0.5) is 4.79 Å². The number of nitrogens with one attached hydrogen (secondary N) is 2. The zero-order valence-electron chi connectivity index (χ0n) is 31.3. The topological polar surface area (TPSA) is 148 Å². The van der Waals surface area contributed by atoms with Gasteiger partial charge in [-0.05, 0) is 93.3 Å². The summed E-state index contributed by atoms with van der Waals surface area (Å²) in [6.07, 6.45) is -0.427. The van der Waals surface area contributed by atoms with E-state index in [0.717, 1.165) is 12.8 Å². The lowest BCUT2D eigenvalue weighted by molar-refractivity contribution is -0.301. The van der Waals surface area contributed by atoms with E-state index in [0.29, 0.717) is 38.4 Å². The van der Waals surface area contributed by atoms with E-state index in [1.165, 1.54) is 0 Å². The normalized spacial score (nSPS) is 45.9. The Balaban J connectivity index is 1.52. The van der Waals surface area contributed by atoms with Crippen LogP contribution in [0.5, 0.6) is 0 Å². The van der Waals surface area contributed by atoms with Crippen molar-refractivity contribution in [3.05, 3.63) is 0 Å². The number of ketones is 1. The zero-order valence-corrected chi connectivity index (χ0v) is 31.3. The van der Waals surface area contributed by atoms with E-state index in [1.54, 1.807) is 20.8 Å². The minimum Gasteiger partial charge on any atom is -0.457 e. The molecular formula is C36H62N4O9. The van der Waals surface area contributed by atoms with Gasteiger partial charge in [0.15, 0.2) is 17.7 Å². The van der Waals surface area contributed by atoms with Crippen LogP contribution in [-0.2, 0) is 33.3 Å². The van der Waals surface area contributed by atoms with Crippen molar-refractivity contribution >= 4 is 17.8 Å². The van der Waals surface area contributed by atoms with Gasteiger partial charge in [-0.1, -0.05) is 20.8 Å². The molecule has 0 aromatic heterocycles. The largest absolute Gasteiger partial charge is 0.457 e. The van der Waals surface area contributed by atoms with Gasteiger partial charge in [-0.2, -0.15) is 0 Å². The number of carbonyl (C=O) groups excluding carboxylic acids is 3. The first-order valence-corrected chi connectivity index (χ1v) is 18.4. The third kappa shape index (κ3) is 7.68. The van der Waals surface area contributed by atoms with Crippen LogP contribution in [0.1, 0.15) is 87.0 Å². The Morgan fingerprint density at radius 1 is 1.12 bits per heavy atom. The Kier molecular flexibility index (Phi) is 11.5. The van der Waals surface area contributed by atoms with Crippen LogP contribution in [-0.4, -0.2) is 140 Å². The number of hydrogen-bond acceptors (Lipinski definition) is 12. The Hall–Kier alpha value is -1.87. The smallest absolute Gasteiger partial charge is 0.408 e. The molecule has 1 amide bonds. The van der Waals surface area contributed by atoms with Gasteiger partial charge in [0.05, 0.1) is 23.9 Å². The molecule has 5 saturated heterocycles. The fraction of sp³-hybridized carbons (Fsp3) is 0.917. The molecule has 5 heterocycles. The molecule has 3 N–H and O–H groups in total. The predicted molar refractivity (Wildman–Crippen MR) is 182 cm³/mol. The molecule has 280 valence electrons. The van der Waals surface area contributed by atoms with Crippen LogP contribution < -0.4 is 10.6 Å². The quantitative estimate of drug-likeness (QED) is 0.266. The maximum absolute atomic E-state index is 14.7. The average Bonchev–Trinajstić information content (AvgIpc) is 3.81. The van der Waals surface area contributed by atoms with E-state index in [2.05, 4.69) is 22.5 Å². The van der Waals surface area contributed by atoms with Crippen molar-refractivity contribution in [1.29, 1.82) is 0 Å². The van der Waals surface area contributed by atoms with Gasteiger partial charge in [-0.15, -0.1) is 0 Å². The fourth-order valence-electron chi connectivity index (χ4n) is 8.87. The summed E-state index contributed by atoms with van der Waals surface area (Å²) in [5.74, 6) is -1.75. The Bertz CT molecular complexity index is 1220. The first-order chi connectivity index (χ1) is 22.9. The highest BCUT2D eigenvalue weighted by molar-refractivity contribution is 6.04. The second kappa shape index (κ2) is 14.6. The summed E-state index contributed by atoms with van der Waals surface area (Å²) >= 11 is 0. The summed E-state index contributed by atoms with van der Waals surface area (Å²) in [7, 11) is 5.89. The molecule has 0 radical (unpaired) electrons. The summed E-state index contributed by atoms with van der Waals surface area (Å²) in [6.45, 7) is 14.6. The van der Waals surface area contributed by atoms with Gasteiger partial charge in [0.2, 0.25) is 0 Å². The number of esters is 1. The first kappa shape index (κ1) is 38.4. The summed E-state index contributed by atoms with van der Waals surface area (Å²) in [6, 6.07) is -0.368. The van der Waals surface area contributed by atoms with Crippen molar-refractivity contribution in [2.24, 2.45) is 17.3 Å². The molecule has 5 aliphatic heterocycles.